The van der Waals surface area contributed by atoms with Gasteiger partial charge in [0.1, 0.15) is 5.69 Å². The number of pyridine rings is 1. The summed E-state index contributed by atoms with van der Waals surface area (Å²) >= 11 is 0. The summed E-state index contributed by atoms with van der Waals surface area (Å²) in [5.41, 5.74) is 11.6. The van der Waals surface area contributed by atoms with Crippen LogP contribution in [0, 0.1) is 0 Å². The molecule has 1 aromatic heterocycles. The van der Waals surface area contributed by atoms with E-state index in [1.165, 1.54) is 6.07 Å². The Morgan fingerprint density at radius 3 is 2.71 bits per heavy atom. The minimum Gasteiger partial charge on any atom is -0.396 e. The fourth-order valence-electron chi connectivity index (χ4n) is 1.05. The van der Waals surface area contributed by atoms with Gasteiger partial charge in [0, 0.05) is 13.6 Å². The van der Waals surface area contributed by atoms with Crippen LogP contribution in [0.15, 0.2) is 12.1 Å². The molecular formula is C9H14N4O. The molecule has 4 N–H and O–H groups in total. The highest BCUT2D eigenvalue weighted by Crippen LogP contribution is 2.18. The average Bonchev–Trinajstić information content (AvgIpc) is 2.17. The molecule has 0 aliphatic carbocycles. The molecule has 1 rings (SSSR count). The van der Waals surface area contributed by atoms with Gasteiger partial charge < -0.3 is 16.4 Å². The number of hydrogen-bond acceptors (Lipinski definition) is 4. The molecule has 0 spiro atoms. The third-order valence-corrected chi connectivity index (χ3v) is 1.99. The van der Waals surface area contributed by atoms with E-state index in [0.29, 0.717) is 11.5 Å². The predicted octanol–water partition coefficient (Wildman–Crippen LogP) is 0.219. The predicted molar refractivity (Wildman–Crippen MR) is 56.1 cm³/mol. The number of amides is 1. The van der Waals surface area contributed by atoms with E-state index >= 15 is 0 Å². The number of aromatic nitrogens is 1. The Morgan fingerprint density at radius 2 is 2.21 bits per heavy atom. The first kappa shape index (κ1) is 10.3. The fraction of sp³-hybridized carbons (Fsp3) is 0.333. The Labute approximate surface area is 82.7 Å². The van der Waals surface area contributed by atoms with E-state index in [9.17, 15) is 4.79 Å². The Hall–Kier alpha value is -1.78. The van der Waals surface area contributed by atoms with Crippen LogP contribution in [0.3, 0.4) is 0 Å². The molecule has 0 aromatic carbocycles. The van der Waals surface area contributed by atoms with Gasteiger partial charge in [-0.3, -0.25) is 4.79 Å². The van der Waals surface area contributed by atoms with E-state index in [4.69, 9.17) is 11.5 Å². The summed E-state index contributed by atoms with van der Waals surface area (Å²) in [5, 5.41) is 0. The van der Waals surface area contributed by atoms with Crippen LogP contribution in [0.1, 0.15) is 17.4 Å². The number of nitrogens with zero attached hydrogens (tertiary/aromatic N) is 2. The quantitative estimate of drug-likeness (QED) is 0.720. The molecule has 76 valence electrons. The van der Waals surface area contributed by atoms with Gasteiger partial charge in [0.25, 0.3) is 5.91 Å². The van der Waals surface area contributed by atoms with Crippen LogP contribution in [-0.4, -0.2) is 24.5 Å². The minimum atomic E-state index is -0.546. The topological polar surface area (TPSA) is 85.2 Å². The summed E-state index contributed by atoms with van der Waals surface area (Å²) < 4.78 is 0. The molecule has 5 nitrogen and oxygen atoms in total. The Balaban J connectivity index is 3.14. The van der Waals surface area contributed by atoms with Gasteiger partial charge in [0.05, 0.1) is 5.69 Å². The zero-order valence-electron chi connectivity index (χ0n) is 8.32. The van der Waals surface area contributed by atoms with Gasteiger partial charge >= 0.3 is 0 Å². The second-order valence-corrected chi connectivity index (χ2v) is 2.99. The van der Waals surface area contributed by atoms with Crippen LogP contribution in [0.4, 0.5) is 11.5 Å². The molecule has 0 aliphatic rings. The molecule has 0 unspecified atom stereocenters. The third-order valence-electron chi connectivity index (χ3n) is 1.99. The van der Waals surface area contributed by atoms with E-state index in [1.807, 2.05) is 18.9 Å². The van der Waals surface area contributed by atoms with Crippen molar-refractivity contribution >= 4 is 17.4 Å². The van der Waals surface area contributed by atoms with Gasteiger partial charge in [0.2, 0.25) is 0 Å². The van der Waals surface area contributed by atoms with Crippen molar-refractivity contribution < 1.29 is 4.79 Å². The number of rotatable bonds is 3. The zero-order valence-corrected chi connectivity index (χ0v) is 8.32. The number of primary amides is 1. The van der Waals surface area contributed by atoms with E-state index in [1.54, 1.807) is 6.07 Å². The van der Waals surface area contributed by atoms with E-state index in [-0.39, 0.29) is 5.69 Å². The summed E-state index contributed by atoms with van der Waals surface area (Å²) in [5.74, 6) is 0.0413. The first-order valence-corrected chi connectivity index (χ1v) is 4.33. The molecule has 1 amide bonds. The van der Waals surface area contributed by atoms with E-state index in [0.717, 1.165) is 6.54 Å². The monoisotopic (exact) mass is 194 g/mol. The number of carbonyl (C=O) groups excluding carboxylic acids is 1. The van der Waals surface area contributed by atoms with Crippen molar-refractivity contribution in [2.24, 2.45) is 5.73 Å². The van der Waals surface area contributed by atoms with Crippen molar-refractivity contribution in [3.63, 3.8) is 0 Å². The fourth-order valence-corrected chi connectivity index (χ4v) is 1.05. The van der Waals surface area contributed by atoms with Crippen LogP contribution < -0.4 is 16.4 Å². The largest absolute Gasteiger partial charge is 0.396 e. The summed E-state index contributed by atoms with van der Waals surface area (Å²) in [6.07, 6.45) is 0. The van der Waals surface area contributed by atoms with Crippen molar-refractivity contribution in [2.75, 3.05) is 24.2 Å². The van der Waals surface area contributed by atoms with E-state index in [2.05, 4.69) is 4.98 Å². The van der Waals surface area contributed by atoms with Gasteiger partial charge in [0.15, 0.2) is 5.82 Å². The second kappa shape index (κ2) is 3.95. The maximum Gasteiger partial charge on any atom is 0.267 e. The van der Waals surface area contributed by atoms with Crippen molar-refractivity contribution in [2.45, 2.75) is 6.92 Å². The lowest BCUT2D eigenvalue weighted by Gasteiger charge is -2.17. The lowest BCUT2D eigenvalue weighted by molar-refractivity contribution is 0.0995. The van der Waals surface area contributed by atoms with Gasteiger partial charge in [-0.25, -0.2) is 4.98 Å². The highest BCUT2D eigenvalue weighted by Gasteiger charge is 2.09. The highest BCUT2D eigenvalue weighted by atomic mass is 16.1. The number of carbonyl (C=O) groups is 1. The lowest BCUT2D eigenvalue weighted by atomic mass is 10.3. The summed E-state index contributed by atoms with van der Waals surface area (Å²) in [4.78, 5) is 16.8. The van der Waals surface area contributed by atoms with Gasteiger partial charge in [-0.1, -0.05) is 0 Å². The van der Waals surface area contributed by atoms with Crippen LogP contribution in [0.2, 0.25) is 0 Å². The molecule has 1 heterocycles. The van der Waals surface area contributed by atoms with Crippen molar-refractivity contribution in [3.8, 4) is 0 Å². The Morgan fingerprint density at radius 1 is 1.57 bits per heavy atom. The molecule has 0 saturated heterocycles. The van der Waals surface area contributed by atoms with Crippen LogP contribution in [-0.2, 0) is 0 Å². The van der Waals surface area contributed by atoms with Crippen LogP contribution in [0.5, 0.6) is 0 Å². The number of nitrogens with two attached hydrogens (primary N) is 2. The molecule has 0 saturated carbocycles. The Bertz CT molecular complexity index is 351. The van der Waals surface area contributed by atoms with Crippen molar-refractivity contribution in [1.82, 2.24) is 4.98 Å². The number of hydrogen-bond donors (Lipinski definition) is 2. The standard InChI is InChI=1S/C9H14N4O/c1-3-13(2)9-6(10)4-5-7(12-9)8(11)14/h4-5H,3,10H2,1-2H3,(H2,11,14). The summed E-state index contributed by atoms with van der Waals surface area (Å²) in [6, 6.07) is 3.15. The maximum absolute atomic E-state index is 10.9. The molecule has 1 aromatic rings. The third kappa shape index (κ3) is 1.93. The van der Waals surface area contributed by atoms with Crippen LogP contribution >= 0.6 is 0 Å². The molecule has 0 radical (unpaired) electrons. The SMILES string of the molecule is CCN(C)c1nc(C(N)=O)ccc1N. The average molecular weight is 194 g/mol. The molecule has 0 bridgehead atoms. The van der Waals surface area contributed by atoms with E-state index < -0.39 is 5.91 Å². The second-order valence-electron chi connectivity index (χ2n) is 2.99. The summed E-state index contributed by atoms with van der Waals surface area (Å²) in [7, 11) is 1.85. The van der Waals surface area contributed by atoms with Crippen molar-refractivity contribution in [3.05, 3.63) is 17.8 Å². The normalized spacial score (nSPS) is 9.86. The minimum absolute atomic E-state index is 0.231. The van der Waals surface area contributed by atoms with Gasteiger partial charge in [-0.05, 0) is 19.1 Å². The van der Waals surface area contributed by atoms with Gasteiger partial charge in [-0.2, -0.15) is 0 Å². The molecule has 0 aliphatic heterocycles. The van der Waals surface area contributed by atoms with Crippen molar-refractivity contribution in [1.29, 1.82) is 0 Å². The maximum atomic E-state index is 10.9. The first-order valence-electron chi connectivity index (χ1n) is 4.33. The highest BCUT2D eigenvalue weighted by molar-refractivity contribution is 5.91. The smallest absolute Gasteiger partial charge is 0.267 e. The van der Waals surface area contributed by atoms with Gasteiger partial charge in [-0.15, -0.1) is 0 Å². The van der Waals surface area contributed by atoms with Crippen LogP contribution in [0.25, 0.3) is 0 Å². The molecule has 0 fully saturated rings. The number of nitrogen functional groups attached to an aromatic ring is 1. The molecule has 14 heavy (non-hydrogen) atoms. The zero-order chi connectivity index (χ0) is 10.7. The molecular weight excluding hydrogens is 180 g/mol. The first-order chi connectivity index (χ1) is 6.56. The number of anilines is 2. The Kier molecular flexibility index (Phi) is 2.91. The molecule has 5 heteroatoms. The lowest BCUT2D eigenvalue weighted by Crippen LogP contribution is -2.21. The summed E-state index contributed by atoms with van der Waals surface area (Å²) in [6.45, 7) is 2.73. The molecule has 0 atom stereocenters.